The number of alkyl halides is 3. The molecule has 0 amide bonds. The molecule has 0 aliphatic carbocycles. The van der Waals surface area contributed by atoms with Crippen LogP contribution in [0.5, 0.6) is 11.5 Å². The molecule has 0 spiro atoms. The zero-order chi connectivity index (χ0) is 23.5. The normalized spacial score (nSPS) is 12.3. The monoisotopic (exact) mass is 460 g/mol. The van der Waals surface area contributed by atoms with E-state index in [-0.39, 0.29) is 11.5 Å². The third kappa shape index (κ3) is 5.28. The first kappa shape index (κ1) is 23.7. The average Bonchev–Trinajstić information content (AvgIpc) is 2.74. The van der Waals surface area contributed by atoms with Crippen LogP contribution in [0.4, 0.5) is 13.2 Å². The molecule has 1 N–H and O–H groups in total. The van der Waals surface area contributed by atoms with Crippen LogP contribution in [0.3, 0.4) is 0 Å². The summed E-state index contributed by atoms with van der Waals surface area (Å²) in [6.45, 7) is 6.01. The molecule has 1 unspecified atom stereocenters. The second-order valence-electron chi connectivity index (χ2n) is 7.63. The van der Waals surface area contributed by atoms with E-state index in [4.69, 9.17) is 11.6 Å². The van der Waals surface area contributed by atoms with Gasteiger partial charge in [-0.2, -0.15) is 0 Å². The second-order valence-corrected chi connectivity index (χ2v) is 8.01. The van der Waals surface area contributed by atoms with Crippen molar-refractivity contribution < 1.29 is 23.0 Å². The number of fused-ring (bicyclic) bond motifs is 2. The molecule has 6 heteroatoms. The first-order chi connectivity index (χ1) is 15.1. The number of halogens is 4. The Morgan fingerprint density at radius 2 is 1.59 bits per heavy atom. The second kappa shape index (κ2) is 9.70. The van der Waals surface area contributed by atoms with Gasteiger partial charge in [0.2, 0.25) is 0 Å². The van der Waals surface area contributed by atoms with Crippen LogP contribution in [0.15, 0.2) is 66.7 Å². The van der Waals surface area contributed by atoms with Crippen LogP contribution in [0.25, 0.3) is 21.5 Å². The molecule has 4 aromatic carbocycles. The lowest BCUT2D eigenvalue weighted by Gasteiger charge is -2.15. The number of phenols is 1. The molecule has 0 radical (unpaired) electrons. The van der Waals surface area contributed by atoms with Crippen molar-refractivity contribution >= 4 is 33.1 Å². The van der Waals surface area contributed by atoms with Crippen molar-refractivity contribution in [3.8, 4) is 11.5 Å². The summed E-state index contributed by atoms with van der Waals surface area (Å²) in [5.41, 5.74) is 1.82. The fourth-order valence-corrected chi connectivity index (χ4v) is 4.06. The van der Waals surface area contributed by atoms with Crippen molar-refractivity contribution in [2.24, 2.45) is 0 Å². The highest BCUT2D eigenvalue weighted by atomic mass is 35.5. The van der Waals surface area contributed by atoms with Crippen LogP contribution in [-0.4, -0.2) is 11.5 Å². The van der Waals surface area contributed by atoms with Gasteiger partial charge in [0.25, 0.3) is 0 Å². The van der Waals surface area contributed by atoms with Crippen LogP contribution >= 0.6 is 11.6 Å². The summed E-state index contributed by atoms with van der Waals surface area (Å²) in [7, 11) is 0. The number of ether oxygens (including phenoxy) is 1. The van der Waals surface area contributed by atoms with Gasteiger partial charge in [-0.1, -0.05) is 80.0 Å². The zero-order valence-corrected chi connectivity index (χ0v) is 18.8. The number of hydrogen-bond acceptors (Lipinski definition) is 2. The molecule has 0 aromatic heterocycles. The molecule has 0 aliphatic heterocycles. The van der Waals surface area contributed by atoms with E-state index in [9.17, 15) is 18.3 Å². The Labute approximate surface area is 190 Å². The van der Waals surface area contributed by atoms with Gasteiger partial charge in [-0.05, 0) is 58.7 Å². The SMILES string of the molecule is CCC(C)c1c(Cl)c(O)cc2ccccc12.Cc1cccc2cccc(OC(F)(F)F)c12. The molecule has 0 bridgehead atoms. The van der Waals surface area contributed by atoms with Gasteiger partial charge in [0.1, 0.15) is 11.5 Å². The lowest BCUT2D eigenvalue weighted by Crippen LogP contribution is -2.17. The average molecular weight is 461 g/mol. The Kier molecular flexibility index (Phi) is 7.19. The molecular weight excluding hydrogens is 437 g/mol. The van der Waals surface area contributed by atoms with E-state index in [2.05, 4.69) is 24.7 Å². The van der Waals surface area contributed by atoms with E-state index >= 15 is 0 Å². The van der Waals surface area contributed by atoms with E-state index in [1.165, 1.54) is 6.07 Å². The van der Waals surface area contributed by atoms with Gasteiger partial charge in [0.05, 0.1) is 5.02 Å². The molecule has 168 valence electrons. The maximum Gasteiger partial charge on any atom is 0.573 e. The molecule has 4 aromatic rings. The third-order valence-electron chi connectivity index (χ3n) is 5.41. The molecule has 0 heterocycles. The predicted molar refractivity (Wildman–Crippen MR) is 125 cm³/mol. The minimum atomic E-state index is -4.66. The smallest absolute Gasteiger partial charge is 0.506 e. The van der Waals surface area contributed by atoms with E-state index in [1.54, 1.807) is 43.3 Å². The minimum Gasteiger partial charge on any atom is -0.506 e. The summed E-state index contributed by atoms with van der Waals surface area (Å²) in [4.78, 5) is 0. The van der Waals surface area contributed by atoms with Gasteiger partial charge in [-0.25, -0.2) is 0 Å². The summed E-state index contributed by atoms with van der Waals surface area (Å²) in [6, 6.07) is 19.7. The van der Waals surface area contributed by atoms with E-state index in [1.807, 2.05) is 18.2 Å². The molecule has 0 saturated heterocycles. The molecular formula is C26H24ClF3O2. The van der Waals surface area contributed by atoms with Crippen LogP contribution in [0.1, 0.15) is 37.3 Å². The summed E-state index contributed by atoms with van der Waals surface area (Å²) in [5, 5.41) is 13.7. The predicted octanol–water partition coefficient (Wildman–Crippen LogP) is 8.76. The largest absolute Gasteiger partial charge is 0.573 e. The number of benzene rings is 4. The van der Waals surface area contributed by atoms with Gasteiger partial charge in [-0.3, -0.25) is 0 Å². The Morgan fingerprint density at radius 1 is 0.969 bits per heavy atom. The van der Waals surface area contributed by atoms with Crippen LogP contribution in [-0.2, 0) is 0 Å². The Hall–Kier alpha value is -2.92. The van der Waals surface area contributed by atoms with Gasteiger partial charge in [0.15, 0.2) is 0 Å². The first-order valence-electron chi connectivity index (χ1n) is 10.3. The summed E-state index contributed by atoms with van der Waals surface area (Å²) in [6.07, 6.45) is -3.65. The maximum absolute atomic E-state index is 12.2. The first-order valence-corrected chi connectivity index (χ1v) is 10.6. The highest BCUT2D eigenvalue weighted by Crippen LogP contribution is 2.39. The van der Waals surface area contributed by atoms with Crippen molar-refractivity contribution in [2.75, 3.05) is 0 Å². The van der Waals surface area contributed by atoms with Gasteiger partial charge in [0, 0.05) is 5.39 Å². The Bertz CT molecular complexity index is 1230. The van der Waals surface area contributed by atoms with E-state index in [0.717, 1.165) is 33.7 Å². The highest BCUT2D eigenvalue weighted by Gasteiger charge is 2.31. The molecule has 0 fully saturated rings. The molecule has 1 atom stereocenters. The highest BCUT2D eigenvalue weighted by molar-refractivity contribution is 6.34. The summed E-state index contributed by atoms with van der Waals surface area (Å²) in [5.74, 6) is 0.378. The Balaban J connectivity index is 0.000000181. The third-order valence-corrected chi connectivity index (χ3v) is 5.81. The molecule has 4 rings (SSSR count). The van der Waals surface area contributed by atoms with Gasteiger partial charge >= 0.3 is 6.36 Å². The van der Waals surface area contributed by atoms with Crippen molar-refractivity contribution in [3.63, 3.8) is 0 Å². The van der Waals surface area contributed by atoms with Crippen LogP contribution < -0.4 is 4.74 Å². The topological polar surface area (TPSA) is 29.5 Å². The number of phenolic OH excluding ortho intramolecular Hbond substituents is 1. The lowest BCUT2D eigenvalue weighted by atomic mass is 9.92. The number of aromatic hydroxyl groups is 1. The van der Waals surface area contributed by atoms with Gasteiger partial charge in [-0.15, -0.1) is 13.2 Å². The number of rotatable bonds is 3. The van der Waals surface area contributed by atoms with Crippen molar-refractivity contribution in [3.05, 3.63) is 82.9 Å². The maximum atomic E-state index is 12.2. The van der Waals surface area contributed by atoms with Crippen LogP contribution in [0, 0.1) is 6.92 Å². The Morgan fingerprint density at radius 3 is 2.25 bits per heavy atom. The molecule has 2 nitrogen and oxygen atoms in total. The van der Waals surface area contributed by atoms with E-state index < -0.39 is 6.36 Å². The fraction of sp³-hybridized carbons (Fsp3) is 0.231. The van der Waals surface area contributed by atoms with Crippen molar-refractivity contribution in [1.29, 1.82) is 0 Å². The van der Waals surface area contributed by atoms with Crippen molar-refractivity contribution in [1.82, 2.24) is 0 Å². The standard InChI is InChI=1S/C14H15ClO.C12H9F3O/c1-3-9(2)13-11-7-5-4-6-10(11)8-12(16)14(13)15;1-8-4-2-5-9-6-3-7-10(11(8)9)16-12(13,14)15/h4-9,16H,3H2,1-2H3;2-7H,1H3. The molecule has 0 saturated carbocycles. The van der Waals surface area contributed by atoms with Crippen LogP contribution in [0.2, 0.25) is 5.02 Å². The van der Waals surface area contributed by atoms with Crippen molar-refractivity contribution in [2.45, 2.75) is 39.5 Å². The summed E-state index contributed by atoms with van der Waals surface area (Å²) < 4.78 is 40.5. The van der Waals surface area contributed by atoms with Gasteiger partial charge < -0.3 is 9.84 Å². The quantitative estimate of drug-likeness (QED) is 0.331. The minimum absolute atomic E-state index is 0.150. The summed E-state index contributed by atoms with van der Waals surface area (Å²) >= 11 is 6.20. The number of hydrogen-bond donors (Lipinski definition) is 1. The van der Waals surface area contributed by atoms with E-state index in [0.29, 0.717) is 16.3 Å². The fourth-order valence-electron chi connectivity index (χ4n) is 3.72. The molecule has 32 heavy (non-hydrogen) atoms. The molecule has 0 aliphatic rings. The lowest BCUT2D eigenvalue weighted by molar-refractivity contribution is -0.274. The zero-order valence-electron chi connectivity index (χ0n) is 18.0. The number of aryl methyl sites for hydroxylation is 1.